The Morgan fingerprint density at radius 2 is 1.59 bits per heavy atom. The molecule has 0 atom stereocenters. The molecular formula is C19H23NO2. The summed E-state index contributed by atoms with van der Waals surface area (Å²) in [5.74, 6) is 0.934. The molecule has 2 aromatic carbocycles. The molecule has 0 bridgehead atoms. The Kier molecular flexibility index (Phi) is 5.21. The number of anilines is 1. The normalized spacial score (nSPS) is 10.4. The second-order valence-corrected chi connectivity index (χ2v) is 5.61. The zero-order valence-corrected chi connectivity index (χ0v) is 13.7. The Labute approximate surface area is 132 Å². The zero-order chi connectivity index (χ0) is 16.1. The van der Waals surface area contributed by atoms with Crippen molar-refractivity contribution >= 4 is 11.6 Å². The summed E-state index contributed by atoms with van der Waals surface area (Å²) >= 11 is 0. The minimum atomic E-state index is 0.0510. The minimum absolute atomic E-state index is 0.0510. The number of carbonyl (C=O) groups is 1. The van der Waals surface area contributed by atoms with Crippen LogP contribution in [0.3, 0.4) is 0 Å². The van der Waals surface area contributed by atoms with Crippen LogP contribution in [0.15, 0.2) is 42.5 Å². The summed E-state index contributed by atoms with van der Waals surface area (Å²) in [6.45, 7) is 6.45. The molecule has 0 unspecified atom stereocenters. The number of aryl methyl sites for hydroxylation is 3. The minimum Gasteiger partial charge on any atom is -0.493 e. The Morgan fingerprint density at radius 3 is 2.18 bits per heavy atom. The van der Waals surface area contributed by atoms with E-state index in [2.05, 4.69) is 0 Å². The number of benzene rings is 2. The first-order valence-corrected chi connectivity index (χ1v) is 7.51. The molecule has 0 radical (unpaired) electrons. The lowest BCUT2D eigenvalue weighted by atomic mass is 10.1. The quantitative estimate of drug-likeness (QED) is 0.833. The van der Waals surface area contributed by atoms with Crippen LogP contribution in [0.1, 0.15) is 23.1 Å². The predicted molar refractivity (Wildman–Crippen MR) is 90.6 cm³/mol. The van der Waals surface area contributed by atoms with Crippen molar-refractivity contribution in [2.45, 2.75) is 27.2 Å². The van der Waals surface area contributed by atoms with Crippen LogP contribution in [0.4, 0.5) is 5.69 Å². The highest BCUT2D eigenvalue weighted by Crippen LogP contribution is 2.22. The van der Waals surface area contributed by atoms with Crippen molar-refractivity contribution in [3.8, 4) is 5.75 Å². The topological polar surface area (TPSA) is 29.5 Å². The van der Waals surface area contributed by atoms with Gasteiger partial charge < -0.3 is 9.64 Å². The van der Waals surface area contributed by atoms with Crippen LogP contribution < -0.4 is 9.64 Å². The molecule has 22 heavy (non-hydrogen) atoms. The van der Waals surface area contributed by atoms with Crippen LogP contribution in [0.25, 0.3) is 0 Å². The van der Waals surface area contributed by atoms with Gasteiger partial charge in [-0.15, -0.1) is 0 Å². The van der Waals surface area contributed by atoms with Gasteiger partial charge >= 0.3 is 0 Å². The molecule has 2 rings (SSSR count). The largest absolute Gasteiger partial charge is 0.493 e. The highest BCUT2D eigenvalue weighted by atomic mass is 16.5. The average molecular weight is 297 g/mol. The number of carbonyl (C=O) groups excluding carboxylic acids is 1. The molecule has 3 nitrogen and oxygen atoms in total. The van der Waals surface area contributed by atoms with E-state index in [0.29, 0.717) is 13.0 Å². The summed E-state index contributed by atoms with van der Waals surface area (Å²) < 4.78 is 5.80. The number of amides is 1. The first-order chi connectivity index (χ1) is 10.5. The standard InChI is InChI=1S/C19H23NO2/c1-14-8-10-17(11-9-14)20(4)18(21)12-13-22-19-15(2)6-5-7-16(19)3/h5-11H,12-13H2,1-4H3. The molecule has 116 valence electrons. The van der Waals surface area contributed by atoms with Gasteiger partial charge in [0.2, 0.25) is 5.91 Å². The number of hydrogen-bond acceptors (Lipinski definition) is 2. The molecule has 0 N–H and O–H groups in total. The summed E-state index contributed by atoms with van der Waals surface area (Å²) in [6, 6.07) is 14.0. The predicted octanol–water partition coefficient (Wildman–Crippen LogP) is 4.04. The van der Waals surface area contributed by atoms with Crippen molar-refractivity contribution in [1.82, 2.24) is 0 Å². The van der Waals surface area contributed by atoms with Gasteiger partial charge in [0.15, 0.2) is 0 Å². The van der Waals surface area contributed by atoms with Crippen molar-refractivity contribution in [2.24, 2.45) is 0 Å². The Hall–Kier alpha value is -2.29. The average Bonchev–Trinajstić information content (AvgIpc) is 2.50. The third-order valence-electron chi connectivity index (χ3n) is 3.77. The summed E-state index contributed by atoms with van der Waals surface area (Å²) in [6.07, 6.45) is 0.359. The molecule has 2 aromatic rings. The fourth-order valence-electron chi connectivity index (χ4n) is 2.35. The van der Waals surface area contributed by atoms with E-state index in [1.54, 1.807) is 11.9 Å². The zero-order valence-electron chi connectivity index (χ0n) is 13.7. The first kappa shape index (κ1) is 16.1. The molecule has 0 saturated heterocycles. The number of nitrogens with zero attached hydrogens (tertiary/aromatic N) is 1. The van der Waals surface area contributed by atoms with Gasteiger partial charge in [0, 0.05) is 12.7 Å². The van der Waals surface area contributed by atoms with Gasteiger partial charge in [0.1, 0.15) is 5.75 Å². The van der Waals surface area contributed by atoms with E-state index in [9.17, 15) is 4.79 Å². The molecule has 0 aliphatic rings. The number of para-hydroxylation sites is 1. The highest BCUT2D eigenvalue weighted by molar-refractivity contribution is 5.92. The van der Waals surface area contributed by atoms with Crippen molar-refractivity contribution in [3.05, 3.63) is 59.2 Å². The number of rotatable bonds is 5. The molecule has 0 heterocycles. The maximum Gasteiger partial charge on any atom is 0.230 e. The van der Waals surface area contributed by atoms with E-state index < -0.39 is 0 Å². The van der Waals surface area contributed by atoms with Crippen molar-refractivity contribution in [1.29, 1.82) is 0 Å². The number of ether oxygens (including phenoxy) is 1. The summed E-state index contributed by atoms with van der Waals surface area (Å²) in [7, 11) is 1.80. The SMILES string of the molecule is Cc1ccc(N(C)C(=O)CCOc2c(C)cccc2C)cc1. The van der Waals surface area contributed by atoms with Gasteiger partial charge in [0.25, 0.3) is 0 Å². The molecule has 0 aromatic heterocycles. The van der Waals surface area contributed by atoms with Gasteiger partial charge in [-0.05, 0) is 44.0 Å². The highest BCUT2D eigenvalue weighted by Gasteiger charge is 2.11. The van der Waals surface area contributed by atoms with Crippen LogP contribution in [-0.2, 0) is 4.79 Å². The molecular weight excluding hydrogens is 274 g/mol. The monoisotopic (exact) mass is 297 g/mol. The summed E-state index contributed by atoms with van der Waals surface area (Å²) in [4.78, 5) is 13.9. The third kappa shape index (κ3) is 3.88. The molecule has 0 aliphatic carbocycles. The molecule has 3 heteroatoms. The van der Waals surface area contributed by atoms with Crippen molar-refractivity contribution in [3.63, 3.8) is 0 Å². The van der Waals surface area contributed by atoms with Crippen LogP contribution in [0.5, 0.6) is 5.75 Å². The first-order valence-electron chi connectivity index (χ1n) is 7.51. The lowest BCUT2D eigenvalue weighted by Gasteiger charge is -2.18. The fraction of sp³-hybridized carbons (Fsp3) is 0.316. The smallest absolute Gasteiger partial charge is 0.230 e. The van der Waals surface area contributed by atoms with Gasteiger partial charge in [-0.25, -0.2) is 0 Å². The maximum atomic E-state index is 12.2. The Balaban J connectivity index is 1.91. The van der Waals surface area contributed by atoms with Crippen molar-refractivity contribution < 1.29 is 9.53 Å². The lowest BCUT2D eigenvalue weighted by molar-refractivity contribution is -0.118. The molecule has 0 spiro atoms. The van der Waals surface area contributed by atoms with Gasteiger partial charge in [-0.3, -0.25) is 4.79 Å². The maximum absolute atomic E-state index is 12.2. The molecule has 0 saturated carbocycles. The molecule has 0 aliphatic heterocycles. The lowest BCUT2D eigenvalue weighted by Crippen LogP contribution is -2.27. The van der Waals surface area contributed by atoms with E-state index >= 15 is 0 Å². The van der Waals surface area contributed by atoms with Gasteiger partial charge in [0.05, 0.1) is 13.0 Å². The van der Waals surface area contributed by atoms with E-state index in [4.69, 9.17) is 4.74 Å². The van der Waals surface area contributed by atoms with E-state index in [1.807, 2.05) is 63.2 Å². The van der Waals surface area contributed by atoms with E-state index in [1.165, 1.54) is 5.56 Å². The molecule has 0 fully saturated rings. The molecule has 1 amide bonds. The van der Waals surface area contributed by atoms with Crippen molar-refractivity contribution in [2.75, 3.05) is 18.6 Å². The Bertz CT molecular complexity index is 627. The van der Waals surface area contributed by atoms with Crippen LogP contribution in [-0.4, -0.2) is 19.6 Å². The van der Waals surface area contributed by atoms with Crippen LogP contribution in [0, 0.1) is 20.8 Å². The second kappa shape index (κ2) is 7.12. The van der Waals surface area contributed by atoms with Crippen LogP contribution >= 0.6 is 0 Å². The van der Waals surface area contributed by atoms with E-state index in [0.717, 1.165) is 22.6 Å². The third-order valence-corrected chi connectivity index (χ3v) is 3.77. The van der Waals surface area contributed by atoms with Crippen LogP contribution in [0.2, 0.25) is 0 Å². The van der Waals surface area contributed by atoms with Gasteiger partial charge in [-0.1, -0.05) is 35.9 Å². The van der Waals surface area contributed by atoms with E-state index in [-0.39, 0.29) is 5.91 Å². The van der Waals surface area contributed by atoms with Gasteiger partial charge in [-0.2, -0.15) is 0 Å². The fourth-order valence-corrected chi connectivity index (χ4v) is 2.35. The number of hydrogen-bond donors (Lipinski definition) is 0. The summed E-state index contributed by atoms with van der Waals surface area (Å²) in [5.41, 5.74) is 4.28. The summed E-state index contributed by atoms with van der Waals surface area (Å²) in [5, 5.41) is 0. The Morgan fingerprint density at radius 1 is 1.00 bits per heavy atom. The second-order valence-electron chi connectivity index (χ2n) is 5.61.